The Labute approximate surface area is 140 Å². The summed E-state index contributed by atoms with van der Waals surface area (Å²) >= 11 is 3.31. The van der Waals surface area contributed by atoms with E-state index < -0.39 is 5.97 Å². The minimum absolute atomic E-state index is 0.0467. The van der Waals surface area contributed by atoms with Crippen molar-refractivity contribution in [2.45, 2.75) is 13.5 Å². The summed E-state index contributed by atoms with van der Waals surface area (Å²) in [4.78, 5) is 28.5. The van der Waals surface area contributed by atoms with Crippen molar-refractivity contribution in [2.75, 3.05) is 0 Å². The second-order valence-corrected chi connectivity index (χ2v) is 5.97. The minimum Gasteiger partial charge on any atom is -0.456 e. The topological polar surface area (TPSA) is 60.7 Å². The van der Waals surface area contributed by atoms with Crippen LogP contribution in [0.15, 0.2) is 57.9 Å². The quantitative estimate of drug-likeness (QED) is 0.662. The highest BCUT2D eigenvalue weighted by Gasteiger charge is 2.09. The van der Waals surface area contributed by atoms with Crippen LogP contribution in [0.25, 0.3) is 5.65 Å². The summed E-state index contributed by atoms with van der Waals surface area (Å²) in [5, 5.41) is 0. The van der Waals surface area contributed by atoms with Crippen LogP contribution in [0.4, 0.5) is 0 Å². The van der Waals surface area contributed by atoms with Gasteiger partial charge >= 0.3 is 5.97 Å². The van der Waals surface area contributed by atoms with Gasteiger partial charge in [-0.1, -0.05) is 22.0 Å². The van der Waals surface area contributed by atoms with E-state index in [4.69, 9.17) is 4.74 Å². The van der Waals surface area contributed by atoms with E-state index in [1.54, 1.807) is 36.5 Å². The molecule has 0 fully saturated rings. The molecule has 5 nitrogen and oxygen atoms in total. The number of hydrogen-bond acceptors (Lipinski definition) is 4. The van der Waals surface area contributed by atoms with Gasteiger partial charge in [0, 0.05) is 16.7 Å². The Balaban J connectivity index is 1.82. The van der Waals surface area contributed by atoms with Gasteiger partial charge in [0.1, 0.15) is 12.3 Å². The zero-order chi connectivity index (χ0) is 16.4. The summed E-state index contributed by atoms with van der Waals surface area (Å²) < 4.78 is 7.58. The normalized spacial score (nSPS) is 10.7. The van der Waals surface area contributed by atoms with Crippen LogP contribution in [0, 0.1) is 6.92 Å². The van der Waals surface area contributed by atoms with Gasteiger partial charge in [-0.3, -0.25) is 9.20 Å². The molecule has 0 aliphatic carbocycles. The van der Waals surface area contributed by atoms with Crippen LogP contribution in [0.3, 0.4) is 0 Å². The number of nitrogens with zero attached hydrogens (tertiary/aromatic N) is 2. The monoisotopic (exact) mass is 372 g/mol. The molecule has 0 radical (unpaired) electrons. The number of ether oxygens (including phenoxy) is 1. The molecule has 0 amide bonds. The highest BCUT2D eigenvalue weighted by molar-refractivity contribution is 9.10. The summed E-state index contributed by atoms with van der Waals surface area (Å²) in [5.41, 5.74) is 2.12. The minimum atomic E-state index is -0.454. The summed E-state index contributed by atoms with van der Waals surface area (Å²) in [5.74, 6) is -0.454. The number of fused-ring (bicyclic) bond motifs is 1. The molecule has 0 aliphatic heterocycles. The number of rotatable bonds is 3. The van der Waals surface area contributed by atoms with E-state index in [-0.39, 0.29) is 12.2 Å². The number of esters is 1. The first-order valence-corrected chi connectivity index (χ1v) is 7.74. The Bertz CT molecular complexity index is 933. The third-order valence-corrected chi connectivity index (χ3v) is 3.90. The molecule has 3 rings (SSSR count). The van der Waals surface area contributed by atoms with Gasteiger partial charge in [0.25, 0.3) is 5.56 Å². The molecule has 23 heavy (non-hydrogen) atoms. The first-order chi connectivity index (χ1) is 11.0. The van der Waals surface area contributed by atoms with Crippen molar-refractivity contribution < 1.29 is 9.53 Å². The number of aromatic nitrogens is 2. The molecule has 3 aromatic rings. The van der Waals surface area contributed by atoms with E-state index in [1.807, 2.05) is 13.0 Å². The van der Waals surface area contributed by atoms with Gasteiger partial charge in [-0.25, -0.2) is 9.78 Å². The molecule has 2 aromatic heterocycles. The van der Waals surface area contributed by atoms with Crippen molar-refractivity contribution in [3.8, 4) is 0 Å². The predicted octanol–water partition coefficient (Wildman–Crippen LogP) is 3.12. The summed E-state index contributed by atoms with van der Waals surface area (Å²) in [6.07, 6.45) is 1.66. The van der Waals surface area contributed by atoms with Crippen molar-refractivity contribution in [3.63, 3.8) is 0 Å². The molecule has 1 aromatic carbocycles. The Hall–Kier alpha value is -2.47. The van der Waals surface area contributed by atoms with Crippen LogP contribution in [-0.2, 0) is 11.3 Å². The number of hydrogen-bond donors (Lipinski definition) is 0. The SMILES string of the molecule is Cc1cccn2c(=O)cc(COC(=O)c3ccc(Br)cc3)nc12. The molecule has 0 atom stereocenters. The van der Waals surface area contributed by atoms with Crippen molar-refractivity contribution >= 4 is 27.5 Å². The summed E-state index contributed by atoms with van der Waals surface area (Å²) in [6, 6.07) is 11.9. The zero-order valence-electron chi connectivity index (χ0n) is 12.3. The molecule has 0 saturated carbocycles. The second-order valence-electron chi connectivity index (χ2n) is 5.05. The average Bonchev–Trinajstić information content (AvgIpc) is 2.54. The lowest BCUT2D eigenvalue weighted by Crippen LogP contribution is -2.17. The van der Waals surface area contributed by atoms with E-state index in [1.165, 1.54) is 10.5 Å². The van der Waals surface area contributed by atoms with Gasteiger partial charge in [-0.15, -0.1) is 0 Å². The maximum absolute atomic E-state index is 12.1. The molecule has 0 N–H and O–H groups in total. The number of carbonyl (C=O) groups is 1. The molecule has 6 heteroatoms. The van der Waals surface area contributed by atoms with Gasteiger partial charge in [0.15, 0.2) is 0 Å². The van der Waals surface area contributed by atoms with Gasteiger partial charge < -0.3 is 4.74 Å². The maximum Gasteiger partial charge on any atom is 0.338 e. The van der Waals surface area contributed by atoms with Crippen molar-refractivity contribution in [1.29, 1.82) is 0 Å². The molecule has 2 heterocycles. The van der Waals surface area contributed by atoms with E-state index >= 15 is 0 Å². The Kier molecular flexibility index (Phi) is 4.25. The van der Waals surface area contributed by atoms with Gasteiger partial charge in [0.05, 0.1) is 11.3 Å². The predicted molar refractivity (Wildman–Crippen MR) is 89.5 cm³/mol. The number of carbonyl (C=O) groups excluding carboxylic acids is 1. The Morgan fingerprint density at radius 2 is 2.00 bits per heavy atom. The lowest BCUT2D eigenvalue weighted by molar-refractivity contribution is 0.0467. The molecule has 116 valence electrons. The van der Waals surface area contributed by atoms with Crippen LogP contribution in [0.5, 0.6) is 0 Å². The van der Waals surface area contributed by atoms with Gasteiger partial charge in [0.2, 0.25) is 0 Å². The van der Waals surface area contributed by atoms with Crippen LogP contribution in [0.2, 0.25) is 0 Å². The molecule has 0 aliphatic rings. The Morgan fingerprint density at radius 1 is 1.26 bits per heavy atom. The Morgan fingerprint density at radius 3 is 2.74 bits per heavy atom. The number of halogens is 1. The average molecular weight is 373 g/mol. The first-order valence-electron chi connectivity index (χ1n) is 6.95. The molecular formula is C17H13BrN2O3. The molecule has 0 saturated heterocycles. The fourth-order valence-corrected chi connectivity index (χ4v) is 2.46. The van der Waals surface area contributed by atoms with Crippen LogP contribution in [0.1, 0.15) is 21.6 Å². The van der Waals surface area contributed by atoms with E-state index in [2.05, 4.69) is 20.9 Å². The van der Waals surface area contributed by atoms with Crippen molar-refractivity contribution in [2.24, 2.45) is 0 Å². The van der Waals surface area contributed by atoms with Gasteiger partial charge in [-0.05, 0) is 42.8 Å². The van der Waals surface area contributed by atoms with Crippen LogP contribution in [-0.4, -0.2) is 15.4 Å². The molecular weight excluding hydrogens is 360 g/mol. The lowest BCUT2D eigenvalue weighted by atomic mass is 10.2. The molecule has 0 bridgehead atoms. The van der Waals surface area contributed by atoms with E-state index in [9.17, 15) is 9.59 Å². The number of aryl methyl sites for hydroxylation is 1. The first kappa shape index (κ1) is 15.4. The number of pyridine rings is 1. The van der Waals surface area contributed by atoms with E-state index in [0.717, 1.165) is 10.0 Å². The van der Waals surface area contributed by atoms with Crippen molar-refractivity contribution in [1.82, 2.24) is 9.38 Å². The van der Waals surface area contributed by atoms with Crippen LogP contribution >= 0.6 is 15.9 Å². The largest absolute Gasteiger partial charge is 0.456 e. The lowest BCUT2D eigenvalue weighted by Gasteiger charge is -2.07. The van der Waals surface area contributed by atoms with E-state index in [0.29, 0.717) is 16.9 Å². The fraction of sp³-hybridized carbons (Fsp3) is 0.118. The summed E-state index contributed by atoms with van der Waals surface area (Å²) in [6.45, 7) is 1.83. The number of benzene rings is 1. The highest BCUT2D eigenvalue weighted by atomic mass is 79.9. The third-order valence-electron chi connectivity index (χ3n) is 3.37. The zero-order valence-corrected chi connectivity index (χ0v) is 13.9. The molecule has 0 unspecified atom stereocenters. The fourth-order valence-electron chi connectivity index (χ4n) is 2.19. The highest BCUT2D eigenvalue weighted by Crippen LogP contribution is 2.12. The van der Waals surface area contributed by atoms with Crippen LogP contribution < -0.4 is 5.56 Å². The second kappa shape index (κ2) is 6.34. The van der Waals surface area contributed by atoms with Crippen molar-refractivity contribution in [3.05, 3.63) is 80.3 Å². The smallest absolute Gasteiger partial charge is 0.338 e. The standard InChI is InChI=1S/C17H13BrN2O3/c1-11-3-2-8-20-15(21)9-14(19-16(11)20)10-23-17(22)12-4-6-13(18)7-5-12/h2-9H,10H2,1H3. The summed E-state index contributed by atoms with van der Waals surface area (Å²) in [7, 11) is 0. The third kappa shape index (κ3) is 3.32. The van der Waals surface area contributed by atoms with Gasteiger partial charge in [-0.2, -0.15) is 0 Å². The molecule has 0 spiro atoms. The maximum atomic E-state index is 12.1.